The summed E-state index contributed by atoms with van der Waals surface area (Å²) in [7, 11) is 0. The Labute approximate surface area is 96.1 Å². The van der Waals surface area contributed by atoms with Crippen molar-refractivity contribution in [2.45, 2.75) is 32.4 Å². The molecule has 2 unspecified atom stereocenters. The third-order valence-corrected chi connectivity index (χ3v) is 3.81. The monoisotopic (exact) mass is 224 g/mol. The Morgan fingerprint density at radius 1 is 1.60 bits per heavy atom. The molecule has 0 spiro atoms. The standard InChI is InChI=1S/C12H20N2S/c1-10-6-11(2-4-14-10)7-13-8-12-3-5-15-9-12/h3,5,9-11,13-14H,2,4,6-8H2,1H3. The first-order chi connectivity index (χ1) is 7.34. The van der Waals surface area contributed by atoms with Crippen molar-refractivity contribution in [3.63, 3.8) is 0 Å². The lowest BCUT2D eigenvalue weighted by molar-refractivity contribution is 0.304. The smallest absolute Gasteiger partial charge is 0.0213 e. The molecule has 1 aliphatic heterocycles. The summed E-state index contributed by atoms with van der Waals surface area (Å²) in [4.78, 5) is 0. The molecule has 1 aliphatic rings. The summed E-state index contributed by atoms with van der Waals surface area (Å²) < 4.78 is 0. The van der Waals surface area contributed by atoms with Crippen LogP contribution in [0.4, 0.5) is 0 Å². The molecule has 2 rings (SSSR count). The molecule has 1 fully saturated rings. The summed E-state index contributed by atoms with van der Waals surface area (Å²) in [5.74, 6) is 0.861. The van der Waals surface area contributed by atoms with Crippen molar-refractivity contribution in [2.24, 2.45) is 5.92 Å². The summed E-state index contributed by atoms with van der Waals surface area (Å²) in [6, 6.07) is 2.90. The van der Waals surface area contributed by atoms with Crippen LogP contribution in [0.15, 0.2) is 16.8 Å². The second-order valence-electron chi connectivity index (χ2n) is 4.51. The number of hydrogen-bond donors (Lipinski definition) is 2. The van der Waals surface area contributed by atoms with Gasteiger partial charge in [-0.1, -0.05) is 0 Å². The fourth-order valence-electron chi connectivity index (χ4n) is 2.23. The first kappa shape index (κ1) is 11.1. The molecule has 84 valence electrons. The molecule has 2 N–H and O–H groups in total. The Bertz CT molecular complexity index is 271. The van der Waals surface area contributed by atoms with Gasteiger partial charge in [0.2, 0.25) is 0 Å². The van der Waals surface area contributed by atoms with Gasteiger partial charge in [0, 0.05) is 12.6 Å². The van der Waals surface area contributed by atoms with E-state index in [-0.39, 0.29) is 0 Å². The van der Waals surface area contributed by atoms with Crippen LogP contribution in [0.5, 0.6) is 0 Å². The van der Waals surface area contributed by atoms with Crippen LogP contribution in [0.3, 0.4) is 0 Å². The average molecular weight is 224 g/mol. The lowest BCUT2D eigenvalue weighted by Gasteiger charge is -2.28. The van der Waals surface area contributed by atoms with Gasteiger partial charge in [-0.25, -0.2) is 0 Å². The van der Waals surface area contributed by atoms with Crippen LogP contribution in [0.2, 0.25) is 0 Å². The maximum absolute atomic E-state index is 3.56. The highest BCUT2D eigenvalue weighted by atomic mass is 32.1. The zero-order chi connectivity index (χ0) is 10.5. The van der Waals surface area contributed by atoms with Gasteiger partial charge in [0.1, 0.15) is 0 Å². The molecule has 3 heteroatoms. The maximum Gasteiger partial charge on any atom is 0.0213 e. The Morgan fingerprint density at radius 2 is 2.53 bits per heavy atom. The molecule has 1 aromatic rings. The van der Waals surface area contributed by atoms with Gasteiger partial charge in [-0.2, -0.15) is 11.3 Å². The minimum atomic E-state index is 0.701. The lowest BCUT2D eigenvalue weighted by atomic mass is 9.93. The van der Waals surface area contributed by atoms with Crippen molar-refractivity contribution in [1.29, 1.82) is 0 Å². The van der Waals surface area contributed by atoms with E-state index < -0.39 is 0 Å². The fourth-order valence-corrected chi connectivity index (χ4v) is 2.90. The highest BCUT2D eigenvalue weighted by molar-refractivity contribution is 7.07. The molecule has 2 atom stereocenters. The lowest BCUT2D eigenvalue weighted by Crippen LogP contribution is -2.39. The SMILES string of the molecule is CC1CC(CNCc2ccsc2)CCN1. The first-order valence-corrected chi connectivity index (χ1v) is 6.74. The molecule has 15 heavy (non-hydrogen) atoms. The van der Waals surface area contributed by atoms with E-state index in [1.807, 2.05) is 0 Å². The van der Waals surface area contributed by atoms with E-state index in [0.29, 0.717) is 6.04 Å². The summed E-state index contributed by atoms with van der Waals surface area (Å²) >= 11 is 1.78. The van der Waals surface area contributed by atoms with Gasteiger partial charge in [0.15, 0.2) is 0 Å². The van der Waals surface area contributed by atoms with Crippen LogP contribution in [0.25, 0.3) is 0 Å². The van der Waals surface area contributed by atoms with Gasteiger partial charge >= 0.3 is 0 Å². The Kier molecular flexibility index (Phi) is 4.18. The molecule has 0 amide bonds. The molecule has 0 aliphatic carbocycles. The highest BCUT2D eigenvalue weighted by Gasteiger charge is 2.17. The largest absolute Gasteiger partial charge is 0.314 e. The van der Waals surface area contributed by atoms with Gasteiger partial charge in [0.25, 0.3) is 0 Å². The average Bonchev–Trinajstić information content (AvgIpc) is 2.71. The molecule has 2 heterocycles. The minimum absolute atomic E-state index is 0.701. The molecule has 1 saturated heterocycles. The number of hydrogen-bond acceptors (Lipinski definition) is 3. The van der Waals surface area contributed by atoms with Gasteiger partial charge in [-0.15, -0.1) is 0 Å². The van der Waals surface area contributed by atoms with Crippen molar-refractivity contribution < 1.29 is 0 Å². The molecular formula is C12H20N2S. The normalized spacial score (nSPS) is 26.7. The number of rotatable bonds is 4. The van der Waals surface area contributed by atoms with E-state index >= 15 is 0 Å². The summed E-state index contributed by atoms with van der Waals surface area (Å²) in [5, 5.41) is 11.4. The number of piperidine rings is 1. The summed E-state index contributed by atoms with van der Waals surface area (Å²) in [6.07, 6.45) is 2.64. The molecule has 2 nitrogen and oxygen atoms in total. The molecule has 0 aromatic carbocycles. The van der Waals surface area contributed by atoms with E-state index in [4.69, 9.17) is 0 Å². The van der Waals surface area contributed by atoms with Crippen LogP contribution in [0, 0.1) is 5.92 Å². The van der Waals surface area contributed by atoms with Crippen molar-refractivity contribution in [3.05, 3.63) is 22.4 Å². The van der Waals surface area contributed by atoms with Crippen LogP contribution in [0.1, 0.15) is 25.3 Å². The zero-order valence-corrected chi connectivity index (χ0v) is 10.1. The van der Waals surface area contributed by atoms with Gasteiger partial charge < -0.3 is 10.6 Å². The Balaban J connectivity index is 1.65. The molecular weight excluding hydrogens is 204 g/mol. The third kappa shape index (κ3) is 3.59. The minimum Gasteiger partial charge on any atom is -0.314 e. The van der Waals surface area contributed by atoms with Crippen LogP contribution in [-0.2, 0) is 6.54 Å². The van der Waals surface area contributed by atoms with E-state index in [9.17, 15) is 0 Å². The van der Waals surface area contributed by atoms with E-state index in [2.05, 4.69) is 34.4 Å². The molecule has 0 radical (unpaired) electrons. The third-order valence-electron chi connectivity index (χ3n) is 3.07. The molecule has 0 bridgehead atoms. The second-order valence-corrected chi connectivity index (χ2v) is 5.29. The van der Waals surface area contributed by atoms with E-state index in [0.717, 1.165) is 12.5 Å². The van der Waals surface area contributed by atoms with Crippen molar-refractivity contribution in [2.75, 3.05) is 13.1 Å². The molecule has 1 aromatic heterocycles. The highest BCUT2D eigenvalue weighted by Crippen LogP contribution is 2.15. The van der Waals surface area contributed by atoms with Gasteiger partial charge in [-0.05, 0) is 61.2 Å². The Morgan fingerprint density at radius 3 is 3.27 bits per heavy atom. The van der Waals surface area contributed by atoms with Crippen molar-refractivity contribution in [1.82, 2.24) is 10.6 Å². The zero-order valence-electron chi connectivity index (χ0n) is 9.33. The summed E-state index contributed by atoms with van der Waals surface area (Å²) in [6.45, 7) is 5.67. The van der Waals surface area contributed by atoms with Crippen LogP contribution < -0.4 is 10.6 Å². The topological polar surface area (TPSA) is 24.1 Å². The van der Waals surface area contributed by atoms with Crippen LogP contribution >= 0.6 is 11.3 Å². The van der Waals surface area contributed by atoms with Crippen LogP contribution in [-0.4, -0.2) is 19.1 Å². The predicted molar refractivity (Wildman–Crippen MR) is 66.2 cm³/mol. The molecule has 0 saturated carbocycles. The maximum atomic E-state index is 3.56. The predicted octanol–water partition coefficient (Wildman–Crippen LogP) is 2.23. The van der Waals surface area contributed by atoms with Gasteiger partial charge in [-0.3, -0.25) is 0 Å². The number of nitrogens with one attached hydrogen (secondary N) is 2. The first-order valence-electron chi connectivity index (χ1n) is 5.80. The van der Waals surface area contributed by atoms with Crippen molar-refractivity contribution in [3.8, 4) is 0 Å². The van der Waals surface area contributed by atoms with E-state index in [1.54, 1.807) is 11.3 Å². The second kappa shape index (κ2) is 5.64. The Hall–Kier alpha value is -0.380. The summed E-state index contributed by atoms with van der Waals surface area (Å²) in [5.41, 5.74) is 1.42. The number of thiophene rings is 1. The fraction of sp³-hybridized carbons (Fsp3) is 0.667. The van der Waals surface area contributed by atoms with Gasteiger partial charge in [0.05, 0.1) is 0 Å². The van der Waals surface area contributed by atoms with Crippen molar-refractivity contribution >= 4 is 11.3 Å². The van der Waals surface area contributed by atoms with E-state index in [1.165, 1.54) is 31.5 Å². The quantitative estimate of drug-likeness (QED) is 0.819.